The van der Waals surface area contributed by atoms with E-state index in [1.54, 1.807) is 41.3 Å². The standard InChI is InChI=1S/C23H22ClN7O3/c1-34-21-15(24)6-4-7-16(21)28-19-18-14-8-10-25-12-17(14)29-23(33)26-9-3-2-5-13-11-27-22(32)20(19)31(13)30-18/h2-4,6-8,10,12-13,28H,5,9,11H2,1H3,(H,27,32)(H2,26,29,33)/b3-2-/t13-/m0/s1. The van der Waals surface area contributed by atoms with Crippen molar-refractivity contribution in [1.29, 1.82) is 0 Å². The first-order valence-corrected chi connectivity index (χ1v) is 11.1. The minimum atomic E-state index is -0.370. The molecular weight excluding hydrogens is 458 g/mol. The van der Waals surface area contributed by atoms with Crippen LogP contribution < -0.4 is 26.0 Å². The second kappa shape index (κ2) is 9.06. The van der Waals surface area contributed by atoms with Crippen molar-refractivity contribution in [3.63, 3.8) is 0 Å². The molecule has 0 unspecified atom stereocenters. The zero-order valence-corrected chi connectivity index (χ0v) is 19.0. The predicted molar refractivity (Wildman–Crippen MR) is 129 cm³/mol. The van der Waals surface area contributed by atoms with Crippen LogP contribution in [0.1, 0.15) is 23.0 Å². The zero-order valence-electron chi connectivity index (χ0n) is 18.3. The van der Waals surface area contributed by atoms with E-state index in [1.165, 1.54) is 7.11 Å². The highest BCUT2D eigenvalue weighted by atomic mass is 35.5. The largest absolute Gasteiger partial charge is 0.493 e. The van der Waals surface area contributed by atoms with Gasteiger partial charge < -0.3 is 26.0 Å². The van der Waals surface area contributed by atoms with Crippen LogP contribution >= 0.6 is 11.6 Å². The van der Waals surface area contributed by atoms with Gasteiger partial charge in [-0.15, -0.1) is 0 Å². The van der Waals surface area contributed by atoms with Gasteiger partial charge in [-0.25, -0.2) is 4.79 Å². The van der Waals surface area contributed by atoms with Gasteiger partial charge in [0.25, 0.3) is 5.91 Å². The molecule has 174 valence electrons. The van der Waals surface area contributed by atoms with Crippen LogP contribution in [0, 0.1) is 0 Å². The maximum Gasteiger partial charge on any atom is 0.319 e. The van der Waals surface area contributed by atoms with E-state index in [2.05, 4.69) is 26.3 Å². The number of hydrogen-bond donors (Lipinski definition) is 4. The zero-order chi connectivity index (χ0) is 23.7. The van der Waals surface area contributed by atoms with Gasteiger partial charge in [-0.2, -0.15) is 5.10 Å². The highest BCUT2D eigenvalue weighted by Crippen LogP contribution is 2.42. The summed E-state index contributed by atoms with van der Waals surface area (Å²) >= 11 is 6.33. The highest BCUT2D eigenvalue weighted by molar-refractivity contribution is 6.32. The normalized spacial score (nSPS) is 18.1. The molecule has 5 rings (SSSR count). The van der Waals surface area contributed by atoms with Gasteiger partial charge >= 0.3 is 6.03 Å². The number of carbonyl (C=O) groups is 2. The van der Waals surface area contributed by atoms with E-state index in [-0.39, 0.29) is 18.0 Å². The van der Waals surface area contributed by atoms with E-state index in [4.69, 9.17) is 21.4 Å². The van der Waals surface area contributed by atoms with E-state index in [1.807, 2.05) is 12.2 Å². The van der Waals surface area contributed by atoms with Gasteiger partial charge in [-0.3, -0.25) is 14.5 Å². The first kappa shape index (κ1) is 21.8. The number of urea groups is 1. The van der Waals surface area contributed by atoms with Gasteiger partial charge in [-0.05, 0) is 24.6 Å². The number of halogens is 1. The maximum absolute atomic E-state index is 13.1. The van der Waals surface area contributed by atoms with Crippen molar-refractivity contribution in [3.05, 3.63) is 59.5 Å². The number of methoxy groups -OCH3 is 1. The number of nitrogens with zero attached hydrogens (tertiary/aromatic N) is 3. The molecule has 4 heterocycles. The minimum Gasteiger partial charge on any atom is -0.493 e. The summed E-state index contributed by atoms with van der Waals surface area (Å²) in [5.41, 5.74) is 2.97. The lowest BCUT2D eigenvalue weighted by atomic mass is 10.1. The van der Waals surface area contributed by atoms with Gasteiger partial charge in [0.15, 0.2) is 11.4 Å². The number of nitrogens with one attached hydrogen (secondary N) is 4. The summed E-state index contributed by atoms with van der Waals surface area (Å²) < 4.78 is 7.24. The molecule has 1 atom stereocenters. The SMILES string of the molecule is COc1c(Cl)cccc1Nc1c2nn3c1C(=O)NC[C@@H]3C/C=C\CNC(=O)Nc1cnccc1-2. The molecule has 2 aliphatic rings. The number of allylic oxidation sites excluding steroid dienone is 1. The van der Waals surface area contributed by atoms with Crippen LogP contribution in [0.2, 0.25) is 5.02 Å². The molecule has 2 bridgehead atoms. The number of carbonyl (C=O) groups excluding carboxylic acids is 2. The van der Waals surface area contributed by atoms with Crippen LogP contribution in [0.4, 0.5) is 21.9 Å². The van der Waals surface area contributed by atoms with Gasteiger partial charge in [-0.1, -0.05) is 29.8 Å². The second-order valence-electron chi connectivity index (χ2n) is 7.79. The summed E-state index contributed by atoms with van der Waals surface area (Å²) in [4.78, 5) is 29.7. The smallest absolute Gasteiger partial charge is 0.319 e. The molecule has 0 aliphatic carbocycles. The fourth-order valence-electron chi connectivity index (χ4n) is 4.09. The molecule has 0 radical (unpaired) electrons. The van der Waals surface area contributed by atoms with Gasteiger partial charge in [0.2, 0.25) is 0 Å². The Kier molecular flexibility index (Phi) is 5.81. The molecule has 2 aliphatic heterocycles. The van der Waals surface area contributed by atoms with Crippen LogP contribution in [-0.2, 0) is 0 Å². The molecule has 0 saturated carbocycles. The number of ether oxygens (including phenoxy) is 1. The Hall–Kier alpha value is -4.05. The van der Waals surface area contributed by atoms with Crippen molar-refractivity contribution in [3.8, 4) is 17.0 Å². The Balaban J connectivity index is 1.74. The maximum atomic E-state index is 13.1. The molecular formula is C23H22ClN7O3. The summed E-state index contributed by atoms with van der Waals surface area (Å²) in [6, 6.07) is 6.58. The fraction of sp³-hybridized carbons (Fsp3) is 0.217. The average Bonchev–Trinajstić information content (AvgIpc) is 3.20. The van der Waals surface area contributed by atoms with Crippen molar-refractivity contribution in [2.45, 2.75) is 12.5 Å². The lowest BCUT2D eigenvalue weighted by molar-refractivity contribution is 0.0911. The molecule has 3 amide bonds. The number of anilines is 3. The molecule has 1 aromatic carbocycles. The van der Waals surface area contributed by atoms with Crippen LogP contribution in [0.25, 0.3) is 11.3 Å². The molecule has 3 aromatic rings. The van der Waals surface area contributed by atoms with Crippen molar-refractivity contribution in [1.82, 2.24) is 25.4 Å². The number of rotatable bonds is 3. The first-order valence-electron chi connectivity index (χ1n) is 10.7. The third kappa shape index (κ3) is 3.92. The topological polar surface area (TPSA) is 122 Å². The Labute approximate surface area is 200 Å². The van der Waals surface area contributed by atoms with Crippen molar-refractivity contribution in [2.24, 2.45) is 0 Å². The van der Waals surface area contributed by atoms with E-state index in [0.29, 0.717) is 64.3 Å². The molecule has 34 heavy (non-hydrogen) atoms. The van der Waals surface area contributed by atoms with Crippen LogP contribution in [0.3, 0.4) is 0 Å². The number of para-hydroxylation sites is 1. The van der Waals surface area contributed by atoms with E-state index >= 15 is 0 Å². The Morgan fingerprint density at radius 3 is 2.94 bits per heavy atom. The van der Waals surface area contributed by atoms with Crippen molar-refractivity contribution < 1.29 is 14.3 Å². The third-order valence-corrected chi connectivity index (χ3v) is 5.98. The number of aromatic nitrogens is 3. The quantitative estimate of drug-likeness (QED) is 0.425. The summed E-state index contributed by atoms with van der Waals surface area (Å²) in [5.74, 6) is 0.184. The monoisotopic (exact) mass is 479 g/mol. The molecule has 10 nitrogen and oxygen atoms in total. The molecule has 0 spiro atoms. The first-order chi connectivity index (χ1) is 16.6. The van der Waals surface area contributed by atoms with Crippen LogP contribution in [0.5, 0.6) is 5.75 Å². The Morgan fingerprint density at radius 1 is 1.21 bits per heavy atom. The second-order valence-corrected chi connectivity index (χ2v) is 8.20. The Morgan fingerprint density at radius 2 is 2.09 bits per heavy atom. The highest BCUT2D eigenvalue weighted by Gasteiger charge is 2.33. The fourth-order valence-corrected chi connectivity index (χ4v) is 4.34. The van der Waals surface area contributed by atoms with Gasteiger partial charge in [0.05, 0.1) is 41.4 Å². The van der Waals surface area contributed by atoms with E-state index < -0.39 is 0 Å². The summed E-state index contributed by atoms with van der Waals surface area (Å²) in [6.45, 7) is 0.809. The van der Waals surface area contributed by atoms with Gasteiger partial charge in [0.1, 0.15) is 5.69 Å². The van der Waals surface area contributed by atoms with Crippen LogP contribution in [0.15, 0.2) is 48.8 Å². The number of pyridine rings is 1. The van der Waals surface area contributed by atoms with Crippen molar-refractivity contribution >= 4 is 40.6 Å². The number of benzene rings is 1. The van der Waals surface area contributed by atoms with E-state index in [0.717, 1.165) is 0 Å². The molecule has 11 heteroatoms. The number of fused-ring (bicyclic) bond motifs is 3. The third-order valence-electron chi connectivity index (χ3n) is 5.68. The number of hydrogen-bond acceptors (Lipinski definition) is 6. The predicted octanol–water partition coefficient (Wildman–Crippen LogP) is 3.72. The lowest BCUT2D eigenvalue weighted by Crippen LogP contribution is -2.39. The summed E-state index contributed by atoms with van der Waals surface area (Å²) in [6.07, 6.45) is 7.62. The van der Waals surface area contributed by atoms with Crippen molar-refractivity contribution in [2.75, 3.05) is 30.8 Å². The average molecular weight is 480 g/mol. The van der Waals surface area contributed by atoms with Crippen LogP contribution in [-0.4, -0.2) is 46.9 Å². The molecule has 4 N–H and O–H groups in total. The lowest BCUT2D eigenvalue weighted by Gasteiger charge is -2.24. The van der Waals surface area contributed by atoms with Gasteiger partial charge in [0, 0.05) is 24.8 Å². The summed E-state index contributed by atoms with van der Waals surface area (Å²) in [7, 11) is 1.53. The number of amides is 3. The molecule has 2 aromatic heterocycles. The minimum absolute atomic E-state index is 0.103. The molecule has 0 fully saturated rings. The summed E-state index contributed by atoms with van der Waals surface area (Å²) in [5, 5.41) is 17.2. The van der Waals surface area contributed by atoms with E-state index in [9.17, 15) is 9.59 Å². The Bertz CT molecular complexity index is 1300. The molecule has 0 saturated heterocycles.